The van der Waals surface area contributed by atoms with Gasteiger partial charge in [0.1, 0.15) is 0 Å². The zero-order valence-electron chi connectivity index (χ0n) is 23.1. The fraction of sp³-hybridized carbons (Fsp3) is 0.250. The zero-order valence-corrected chi connectivity index (χ0v) is 23.1. The van der Waals surface area contributed by atoms with Crippen molar-refractivity contribution in [2.24, 2.45) is 0 Å². The summed E-state index contributed by atoms with van der Waals surface area (Å²) in [5, 5.41) is 0. The summed E-state index contributed by atoms with van der Waals surface area (Å²) in [5.74, 6) is 2.52. The van der Waals surface area contributed by atoms with Crippen molar-refractivity contribution in [2.45, 2.75) is 55.4 Å². The van der Waals surface area contributed by atoms with Gasteiger partial charge in [-0.25, -0.2) is 0 Å². The first-order valence-electron chi connectivity index (χ1n) is 12.7. The molecule has 4 aromatic carbocycles. The second kappa shape index (κ2) is 10.6. The fourth-order valence-corrected chi connectivity index (χ4v) is 4.49. The van der Waals surface area contributed by atoms with Crippen LogP contribution in [-0.2, 0) is 0 Å². The Labute approximate surface area is 221 Å². The van der Waals surface area contributed by atoms with E-state index in [0.29, 0.717) is 23.0 Å². The molecule has 37 heavy (non-hydrogen) atoms. The van der Waals surface area contributed by atoms with Crippen molar-refractivity contribution in [3.05, 3.63) is 117 Å². The molecule has 0 radical (unpaired) electrons. The molecule has 0 saturated heterocycles. The number of aryl methyl sites for hydroxylation is 8. The van der Waals surface area contributed by atoms with E-state index < -0.39 is 6.96 Å². The average Bonchev–Trinajstić information content (AvgIpc) is 2.82. The van der Waals surface area contributed by atoms with Crippen LogP contribution in [0.4, 0.5) is 0 Å². The molecule has 0 spiro atoms. The maximum Gasteiger partial charge on any atom is 0.777 e. The van der Waals surface area contributed by atoms with Crippen LogP contribution in [0.5, 0.6) is 23.0 Å². The molecule has 0 unspecified atom stereocenters. The molecule has 0 atom stereocenters. The van der Waals surface area contributed by atoms with Crippen LogP contribution in [0.15, 0.2) is 72.8 Å². The Morgan fingerprint density at radius 3 is 0.757 bits per heavy atom. The second-order valence-corrected chi connectivity index (χ2v) is 10.1. The molecule has 0 saturated carbocycles. The molecule has 0 aliphatic carbocycles. The zero-order chi connectivity index (χ0) is 26.7. The van der Waals surface area contributed by atoms with E-state index in [-0.39, 0.29) is 0 Å². The van der Waals surface area contributed by atoms with Crippen molar-refractivity contribution in [2.75, 3.05) is 0 Å². The predicted molar refractivity (Wildman–Crippen MR) is 152 cm³/mol. The third-order valence-electron chi connectivity index (χ3n) is 6.41. The highest BCUT2D eigenvalue weighted by Gasteiger charge is 2.44. The summed E-state index contributed by atoms with van der Waals surface area (Å²) in [7, 11) is 0. The Bertz CT molecular complexity index is 1210. The minimum Gasteiger partial charge on any atom is -0.611 e. The van der Waals surface area contributed by atoms with Crippen LogP contribution in [0.25, 0.3) is 0 Å². The molecule has 0 bridgehead atoms. The third-order valence-corrected chi connectivity index (χ3v) is 6.41. The van der Waals surface area contributed by atoms with E-state index in [2.05, 4.69) is 52.0 Å². The van der Waals surface area contributed by atoms with Crippen LogP contribution < -0.4 is 18.6 Å². The highest BCUT2D eigenvalue weighted by Crippen LogP contribution is 2.33. The molecular formula is C32H36BO4-. The molecular weight excluding hydrogens is 459 g/mol. The molecule has 0 amide bonds. The number of hydrogen-bond donors (Lipinski definition) is 0. The standard InChI is InChI=1S/C32H36BO4/c1-21-9-13-29(25(5)17-21)34-33(35-30-14-10-22(2)18-26(30)6,36-31-15-11-23(3)19-27(31)7)37-32-16-12-24(4)20-28(32)8/h9-20H,1-8H3/q-1. The highest BCUT2D eigenvalue weighted by atomic mass is 16.9. The van der Waals surface area contributed by atoms with Crippen LogP contribution >= 0.6 is 0 Å². The summed E-state index contributed by atoms with van der Waals surface area (Å²) >= 11 is 0. The summed E-state index contributed by atoms with van der Waals surface area (Å²) in [4.78, 5) is 0. The van der Waals surface area contributed by atoms with Crippen LogP contribution in [0.3, 0.4) is 0 Å². The Morgan fingerprint density at radius 1 is 0.351 bits per heavy atom. The normalized spacial score (nSPS) is 11.2. The fourth-order valence-electron chi connectivity index (χ4n) is 4.49. The summed E-state index contributed by atoms with van der Waals surface area (Å²) in [5.41, 5.74) is 8.42. The molecule has 4 nitrogen and oxygen atoms in total. The van der Waals surface area contributed by atoms with Gasteiger partial charge in [-0.3, -0.25) is 0 Å². The molecule has 5 heteroatoms. The number of benzene rings is 4. The Kier molecular flexibility index (Phi) is 7.54. The van der Waals surface area contributed by atoms with Crippen molar-refractivity contribution in [1.82, 2.24) is 0 Å². The summed E-state index contributed by atoms with van der Waals surface area (Å²) < 4.78 is 26.6. The highest BCUT2D eigenvalue weighted by molar-refractivity contribution is 6.57. The monoisotopic (exact) mass is 495 g/mol. The Balaban J connectivity index is 1.89. The van der Waals surface area contributed by atoms with Gasteiger partial charge < -0.3 is 18.6 Å². The lowest BCUT2D eigenvalue weighted by molar-refractivity contribution is 0.159. The van der Waals surface area contributed by atoms with E-state index in [0.717, 1.165) is 44.5 Å². The van der Waals surface area contributed by atoms with Crippen molar-refractivity contribution in [3.63, 3.8) is 0 Å². The number of hydrogen-bond acceptors (Lipinski definition) is 4. The molecule has 0 N–H and O–H groups in total. The van der Waals surface area contributed by atoms with Gasteiger partial charge in [-0.1, -0.05) is 70.8 Å². The van der Waals surface area contributed by atoms with Gasteiger partial charge in [-0.2, -0.15) is 0 Å². The SMILES string of the molecule is Cc1ccc(O[B-](Oc2ccc(C)cc2C)(Oc2ccc(C)cc2C)Oc2ccc(C)cc2C)c(C)c1. The first-order valence-corrected chi connectivity index (χ1v) is 12.7. The quantitative estimate of drug-likeness (QED) is 0.231. The lowest BCUT2D eigenvalue weighted by atomic mass is 9.99. The third kappa shape index (κ3) is 6.29. The maximum absolute atomic E-state index is 6.65. The lowest BCUT2D eigenvalue weighted by Gasteiger charge is -2.43. The van der Waals surface area contributed by atoms with Crippen molar-refractivity contribution < 1.29 is 18.6 Å². The van der Waals surface area contributed by atoms with Gasteiger partial charge >= 0.3 is 6.96 Å². The summed E-state index contributed by atoms with van der Waals surface area (Å²) in [6.07, 6.45) is 0. The topological polar surface area (TPSA) is 36.9 Å². The minimum absolute atomic E-state index is 0.630. The van der Waals surface area contributed by atoms with Gasteiger partial charge in [0.2, 0.25) is 0 Å². The van der Waals surface area contributed by atoms with Crippen molar-refractivity contribution >= 4 is 6.96 Å². The molecule has 0 aliphatic heterocycles. The van der Waals surface area contributed by atoms with E-state index in [9.17, 15) is 0 Å². The maximum atomic E-state index is 6.65. The predicted octanol–water partition coefficient (Wildman–Crippen LogP) is 8.21. The van der Waals surface area contributed by atoms with Crippen LogP contribution in [0.1, 0.15) is 44.5 Å². The van der Waals surface area contributed by atoms with Gasteiger partial charge in [0.05, 0.1) is 23.0 Å². The molecule has 0 heterocycles. The molecule has 0 fully saturated rings. The van der Waals surface area contributed by atoms with Gasteiger partial charge in [-0.05, 0) is 102 Å². The van der Waals surface area contributed by atoms with Gasteiger partial charge in [-0.15, -0.1) is 0 Å². The summed E-state index contributed by atoms with van der Waals surface area (Å²) in [6.45, 7) is 13.4. The Morgan fingerprint density at radius 2 is 0.568 bits per heavy atom. The second-order valence-electron chi connectivity index (χ2n) is 10.1. The molecule has 192 valence electrons. The molecule has 0 aliphatic rings. The first kappa shape index (κ1) is 26.2. The van der Waals surface area contributed by atoms with Crippen LogP contribution in [0.2, 0.25) is 0 Å². The van der Waals surface area contributed by atoms with Crippen LogP contribution in [-0.4, -0.2) is 6.96 Å². The van der Waals surface area contributed by atoms with Gasteiger partial charge in [0, 0.05) is 0 Å². The van der Waals surface area contributed by atoms with E-state index in [1.54, 1.807) is 0 Å². The smallest absolute Gasteiger partial charge is 0.611 e. The molecule has 4 rings (SSSR count). The minimum atomic E-state index is -2.85. The van der Waals surface area contributed by atoms with Crippen molar-refractivity contribution in [1.29, 1.82) is 0 Å². The van der Waals surface area contributed by atoms with Crippen molar-refractivity contribution in [3.8, 4) is 23.0 Å². The average molecular weight is 495 g/mol. The van der Waals surface area contributed by atoms with E-state index in [1.807, 2.05) is 76.2 Å². The number of rotatable bonds is 8. The summed E-state index contributed by atoms with van der Waals surface area (Å²) in [6, 6.07) is 24.1. The largest absolute Gasteiger partial charge is 0.777 e. The van der Waals surface area contributed by atoms with Gasteiger partial charge in [0.15, 0.2) is 0 Å². The Hall–Kier alpha value is -3.86. The molecule has 4 aromatic rings. The van der Waals surface area contributed by atoms with Crippen LogP contribution in [0, 0.1) is 55.4 Å². The first-order chi connectivity index (χ1) is 17.5. The van der Waals surface area contributed by atoms with Gasteiger partial charge in [0.25, 0.3) is 0 Å². The van der Waals surface area contributed by atoms with E-state index in [1.165, 1.54) is 0 Å². The van der Waals surface area contributed by atoms with E-state index >= 15 is 0 Å². The molecule has 0 aromatic heterocycles. The lowest BCUT2D eigenvalue weighted by Crippen LogP contribution is -2.61. The van der Waals surface area contributed by atoms with E-state index in [4.69, 9.17) is 18.6 Å².